The van der Waals surface area contributed by atoms with Crippen LogP contribution in [0.2, 0.25) is 0 Å². The highest BCUT2D eigenvalue weighted by atomic mass is 16.1. The molecule has 0 radical (unpaired) electrons. The van der Waals surface area contributed by atoms with Gasteiger partial charge >= 0.3 is 0 Å². The van der Waals surface area contributed by atoms with E-state index in [9.17, 15) is 4.79 Å². The van der Waals surface area contributed by atoms with Crippen LogP contribution in [0.5, 0.6) is 0 Å². The van der Waals surface area contributed by atoms with E-state index in [2.05, 4.69) is 19.2 Å². The first-order chi connectivity index (χ1) is 6.74. The van der Waals surface area contributed by atoms with Crippen molar-refractivity contribution in [3.05, 3.63) is 0 Å². The summed E-state index contributed by atoms with van der Waals surface area (Å²) in [4.78, 5) is 11.5. The molecule has 0 fully saturated rings. The van der Waals surface area contributed by atoms with E-state index in [4.69, 9.17) is 0 Å². The van der Waals surface area contributed by atoms with Crippen molar-refractivity contribution < 1.29 is 4.79 Å². The van der Waals surface area contributed by atoms with Crippen LogP contribution < -0.4 is 5.32 Å². The second-order valence-electron chi connectivity index (χ2n) is 3.94. The molecule has 0 aromatic heterocycles. The van der Waals surface area contributed by atoms with Gasteiger partial charge in [-0.2, -0.15) is 0 Å². The number of hydrogen-bond donors (Lipinski definition) is 1. The third kappa shape index (κ3) is 7.07. The SMILES string of the molecule is CCCCC(CC)CC(=O)CNCC. The standard InChI is InChI=1S/C12H25NO/c1-4-7-8-11(5-2)9-12(14)10-13-6-3/h11,13H,4-10H2,1-3H3. The van der Waals surface area contributed by atoms with Gasteiger partial charge < -0.3 is 5.32 Å². The van der Waals surface area contributed by atoms with Crippen LogP contribution in [-0.4, -0.2) is 18.9 Å². The monoisotopic (exact) mass is 199 g/mol. The average molecular weight is 199 g/mol. The molecule has 0 aliphatic rings. The largest absolute Gasteiger partial charge is 0.310 e. The molecule has 0 saturated heterocycles. The van der Waals surface area contributed by atoms with Crippen molar-refractivity contribution in [1.29, 1.82) is 0 Å². The van der Waals surface area contributed by atoms with Crippen molar-refractivity contribution in [3.8, 4) is 0 Å². The topological polar surface area (TPSA) is 29.1 Å². The zero-order valence-corrected chi connectivity index (χ0v) is 9.94. The third-order valence-corrected chi connectivity index (χ3v) is 2.63. The molecule has 0 saturated carbocycles. The Kier molecular flexibility index (Phi) is 8.95. The summed E-state index contributed by atoms with van der Waals surface area (Å²) in [5.41, 5.74) is 0. The minimum Gasteiger partial charge on any atom is -0.310 e. The van der Waals surface area contributed by atoms with Crippen LogP contribution in [0.25, 0.3) is 0 Å². The maximum Gasteiger partial charge on any atom is 0.146 e. The number of Topliss-reactive ketones (excluding diaryl/α,β-unsaturated/α-hetero) is 1. The Morgan fingerprint density at radius 1 is 1.29 bits per heavy atom. The van der Waals surface area contributed by atoms with Crippen LogP contribution in [0.4, 0.5) is 0 Å². The van der Waals surface area contributed by atoms with Gasteiger partial charge in [-0.25, -0.2) is 0 Å². The normalized spacial score (nSPS) is 12.8. The van der Waals surface area contributed by atoms with E-state index in [1.165, 1.54) is 19.3 Å². The lowest BCUT2D eigenvalue weighted by Gasteiger charge is -2.13. The minimum absolute atomic E-state index is 0.370. The second kappa shape index (κ2) is 9.20. The number of carbonyl (C=O) groups excluding carboxylic acids is 1. The summed E-state index contributed by atoms with van der Waals surface area (Å²) in [6, 6.07) is 0. The van der Waals surface area contributed by atoms with Gasteiger partial charge in [0.2, 0.25) is 0 Å². The Balaban J connectivity index is 3.62. The maximum atomic E-state index is 11.5. The molecule has 0 aromatic rings. The van der Waals surface area contributed by atoms with Gasteiger partial charge in [0.05, 0.1) is 6.54 Å². The molecule has 0 amide bonds. The zero-order valence-electron chi connectivity index (χ0n) is 9.94. The summed E-state index contributed by atoms with van der Waals surface area (Å²) in [6.45, 7) is 7.85. The molecule has 0 heterocycles. The van der Waals surface area contributed by atoms with Crippen LogP contribution in [0.3, 0.4) is 0 Å². The highest BCUT2D eigenvalue weighted by molar-refractivity contribution is 5.80. The van der Waals surface area contributed by atoms with Crippen molar-refractivity contribution in [3.63, 3.8) is 0 Å². The van der Waals surface area contributed by atoms with Crippen molar-refractivity contribution >= 4 is 5.78 Å². The number of ketones is 1. The minimum atomic E-state index is 0.370. The Morgan fingerprint density at radius 2 is 2.00 bits per heavy atom. The molecule has 1 N–H and O–H groups in total. The van der Waals surface area contributed by atoms with Gasteiger partial charge in [-0.05, 0) is 12.5 Å². The van der Waals surface area contributed by atoms with E-state index in [1.807, 2.05) is 6.92 Å². The molecule has 0 aliphatic carbocycles. The Hall–Kier alpha value is -0.370. The molecule has 2 nitrogen and oxygen atoms in total. The zero-order chi connectivity index (χ0) is 10.8. The van der Waals surface area contributed by atoms with Gasteiger partial charge in [-0.3, -0.25) is 4.79 Å². The molecule has 0 spiro atoms. The first kappa shape index (κ1) is 13.6. The molecule has 1 unspecified atom stereocenters. The maximum absolute atomic E-state index is 11.5. The predicted molar refractivity (Wildman–Crippen MR) is 61.5 cm³/mol. The average Bonchev–Trinajstić information content (AvgIpc) is 2.21. The van der Waals surface area contributed by atoms with E-state index >= 15 is 0 Å². The number of carbonyl (C=O) groups is 1. The lowest BCUT2D eigenvalue weighted by atomic mass is 9.94. The quantitative estimate of drug-likeness (QED) is 0.618. The summed E-state index contributed by atoms with van der Waals surface area (Å²) >= 11 is 0. The van der Waals surface area contributed by atoms with Crippen molar-refractivity contribution in [2.24, 2.45) is 5.92 Å². The molecule has 0 aromatic carbocycles. The third-order valence-electron chi connectivity index (χ3n) is 2.63. The van der Waals surface area contributed by atoms with Crippen molar-refractivity contribution in [2.45, 2.75) is 52.9 Å². The summed E-state index contributed by atoms with van der Waals surface area (Å²) in [6.07, 6.45) is 5.61. The van der Waals surface area contributed by atoms with Crippen LogP contribution in [0, 0.1) is 5.92 Å². The molecule has 0 aliphatic heterocycles. The van der Waals surface area contributed by atoms with E-state index < -0.39 is 0 Å². The summed E-state index contributed by atoms with van der Waals surface area (Å²) < 4.78 is 0. The lowest BCUT2D eigenvalue weighted by Crippen LogP contribution is -2.24. The fourth-order valence-electron chi connectivity index (χ4n) is 1.60. The lowest BCUT2D eigenvalue weighted by molar-refractivity contribution is -0.119. The molecule has 14 heavy (non-hydrogen) atoms. The fraction of sp³-hybridized carbons (Fsp3) is 0.917. The summed E-state index contributed by atoms with van der Waals surface area (Å²) in [5.74, 6) is 0.982. The molecule has 0 rings (SSSR count). The Bertz CT molecular complexity index is 145. The Labute approximate surface area is 88.5 Å². The number of rotatable bonds is 9. The number of hydrogen-bond acceptors (Lipinski definition) is 2. The molecule has 2 heteroatoms. The first-order valence-corrected chi connectivity index (χ1v) is 5.96. The molecular formula is C12H25NO. The van der Waals surface area contributed by atoms with Gasteiger partial charge in [0.25, 0.3) is 0 Å². The molecule has 1 atom stereocenters. The second-order valence-corrected chi connectivity index (χ2v) is 3.94. The molecular weight excluding hydrogens is 174 g/mol. The smallest absolute Gasteiger partial charge is 0.146 e. The number of likely N-dealkylation sites (N-methyl/N-ethyl adjacent to an activating group) is 1. The Morgan fingerprint density at radius 3 is 2.50 bits per heavy atom. The van der Waals surface area contributed by atoms with Crippen LogP contribution in [-0.2, 0) is 4.79 Å². The van der Waals surface area contributed by atoms with Gasteiger partial charge in [0.1, 0.15) is 5.78 Å². The predicted octanol–water partition coefficient (Wildman–Crippen LogP) is 2.77. The van der Waals surface area contributed by atoms with Crippen LogP contribution in [0.1, 0.15) is 52.9 Å². The van der Waals surface area contributed by atoms with Crippen molar-refractivity contribution in [1.82, 2.24) is 5.32 Å². The van der Waals surface area contributed by atoms with E-state index in [1.54, 1.807) is 0 Å². The van der Waals surface area contributed by atoms with Gasteiger partial charge in [-0.1, -0.05) is 46.5 Å². The summed E-state index contributed by atoms with van der Waals surface area (Å²) in [5, 5.41) is 3.08. The van der Waals surface area contributed by atoms with E-state index in [0.29, 0.717) is 18.2 Å². The molecule has 84 valence electrons. The first-order valence-electron chi connectivity index (χ1n) is 5.96. The fourth-order valence-corrected chi connectivity index (χ4v) is 1.60. The number of nitrogens with one attached hydrogen (secondary N) is 1. The van der Waals surface area contributed by atoms with Gasteiger partial charge in [-0.15, -0.1) is 0 Å². The van der Waals surface area contributed by atoms with E-state index in [0.717, 1.165) is 19.4 Å². The number of unbranched alkanes of at least 4 members (excludes halogenated alkanes) is 1. The van der Waals surface area contributed by atoms with E-state index in [-0.39, 0.29) is 0 Å². The van der Waals surface area contributed by atoms with Gasteiger partial charge in [0, 0.05) is 6.42 Å². The summed E-state index contributed by atoms with van der Waals surface area (Å²) in [7, 11) is 0. The highest BCUT2D eigenvalue weighted by Gasteiger charge is 2.10. The van der Waals surface area contributed by atoms with Crippen molar-refractivity contribution in [2.75, 3.05) is 13.1 Å². The van der Waals surface area contributed by atoms with Crippen LogP contribution >= 0.6 is 0 Å². The van der Waals surface area contributed by atoms with Gasteiger partial charge in [0.15, 0.2) is 0 Å². The molecule has 0 bridgehead atoms. The highest BCUT2D eigenvalue weighted by Crippen LogP contribution is 2.16. The van der Waals surface area contributed by atoms with Crippen LogP contribution in [0.15, 0.2) is 0 Å².